The first-order valence-electron chi connectivity index (χ1n) is 8.47. The summed E-state index contributed by atoms with van der Waals surface area (Å²) in [5, 5.41) is 0. The van der Waals surface area contributed by atoms with Gasteiger partial charge in [-0.3, -0.25) is 14.8 Å². The Kier molecular flexibility index (Phi) is 4.35. The largest absolute Gasteiger partial charge is 0.495 e. The van der Waals surface area contributed by atoms with Crippen LogP contribution in [0.1, 0.15) is 28.7 Å². The molecule has 1 unspecified atom stereocenters. The van der Waals surface area contributed by atoms with E-state index in [1.807, 2.05) is 23.1 Å². The predicted molar refractivity (Wildman–Crippen MR) is 94.6 cm³/mol. The van der Waals surface area contributed by atoms with E-state index in [1.54, 1.807) is 38.1 Å². The summed E-state index contributed by atoms with van der Waals surface area (Å²) in [5.41, 5.74) is 3.53. The molecule has 4 rings (SSSR count). The average Bonchev–Trinajstić information content (AvgIpc) is 3.17. The number of carbonyl (C=O) groups is 1. The van der Waals surface area contributed by atoms with Crippen LogP contribution in [0.15, 0.2) is 49.2 Å². The van der Waals surface area contributed by atoms with E-state index < -0.39 is 0 Å². The third kappa shape index (κ3) is 2.92. The maximum absolute atomic E-state index is 13.1. The minimum absolute atomic E-state index is 0.00972. The highest BCUT2D eigenvalue weighted by Crippen LogP contribution is 2.33. The van der Waals surface area contributed by atoms with E-state index in [-0.39, 0.29) is 18.4 Å². The molecule has 1 N–H and O–H groups in total. The molecule has 7 heteroatoms. The van der Waals surface area contributed by atoms with Gasteiger partial charge < -0.3 is 14.6 Å². The molecule has 0 fully saturated rings. The average molecular weight is 349 g/mol. The minimum Gasteiger partial charge on any atom is -0.495 e. The van der Waals surface area contributed by atoms with E-state index in [0.717, 1.165) is 23.4 Å². The van der Waals surface area contributed by atoms with Gasteiger partial charge in [-0.1, -0.05) is 6.07 Å². The fraction of sp³-hybridized carbons (Fsp3) is 0.263. The molecular weight excluding hydrogens is 330 g/mol. The van der Waals surface area contributed by atoms with Gasteiger partial charge in [-0.15, -0.1) is 0 Å². The van der Waals surface area contributed by atoms with Crippen molar-refractivity contribution in [2.75, 3.05) is 13.7 Å². The van der Waals surface area contributed by atoms with Crippen LogP contribution in [-0.2, 0) is 17.6 Å². The smallest absolute Gasteiger partial charge is 0.229 e. The van der Waals surface area contributed by atoms with E-state index in [2.05, 4.69) is 19.9 Å². The molecule has 3 aromatic heterocycles. The fourth-order valence-corrected chi connectivity index (χ4v) is 3.41. The van der Waals surface area contributed by atoms with Crippen LogP contribution in [-0.4, -0.2) is 44.4 Å². The van der Waals surface area contributed by atoms with Crippen molar-refractivity contribution in [3.8, 4) is 5.75 Å². The predicted octanol–water partition coefficient (Wildman–Crippen LogP) is 1.93. The second kappa shape index (κ2) is 6.95. The van der Waals surface area contributed by atoms with Gasteiger partial charge in [-0.2, -0.15) is 0 Å². The maximum Gasteiger partial charge on any atom is 0.229 e. The van der Waals surface area contributed by atoms with Crippen molar-refractivity contribution >= 4 is 5.91 Å². The summed E-state index contributed by atoms with van der Waals surface area (Å²) < 4.78 is 5.33. The van der Waals surface area contributed by atoms with Crippen molar-refractivity contribution in [1.29, 1.82) is 0 Å². The monoisotopic (exact) mass is 349 g/mol. The fourth-order valence-electron chi connectivity index (χ4n) is 3.41. The Morgan fingerprint density at radius 2 is 2.19 bits per heavy atom. The molecule has 0 saturated heterocycles. The van der Waals surface area contributed by atoms with Crippen molar-refractivity contribution in [3.63, 3.8) is 0 Å². The zero-order valence-corrected chi connectivity index (χ0v) is 14.4. The highest BCUT2D eigenvalue weighted by molar-refractivity contribution is 5.80. The van der Waals surface area contributed by atoms with Crippen LogP contribution < -0.4 is 4.74 Å². The van der Waals surface area contributed by atoms with Gasteiger partial charge in [0.25, 0.3) is 0 Å². The zero-order chi connectivity index (χ0) is 17.9. The number of ether oxygens (including phenoxy) is 1. The Hall–Kier alpha value is -3.22. The lowest BCUT2D eigenvalue weighted by Crippen LogP contribution is -2.41. The highest BCUT2D eigenvalue weighted by atomic mass is 16.5. The number of pyridine rings is 2. The van der Waals surface area contributed by atoms with Crippen LogP contribution in [0.4, 0.5) is 0 Å². The molecule has 1 atom stereocenters. The summed E-state index contributed by atoms with van der Waals surface area (Å²) in [5.74, 6) is 0.612. The molecule has 0 spiro atoms. The number of nitrogens with zero attached hydrogens (tertiary/aromatic N) is 4. The number of fused-ring (bicyclic) bond motifs is 1. The second-order valence-corrected chi connectivity index (χ2v) is 6.12. The number of hydrogen-bond donors (Lipinski definition) is 1. The first kappa shape index (κ1) is 16.3. The zero-order valence-electron chi connectivity index (χ0n) is 14.4. The summed E-state index contributed by atoms with van der Waals surface area (Å²) in [6.07, 6.45) is 7.80. The number of amides is 1. The molecule has 1 amide bonds. The van der Waals surface area contributed by atoms with Gasteiger partial charge in [0, 0.05) is 37.3 Å². The molecule has 0 aromatic carbocycles. The van der Waals surface area contributed by atoms with Crippen molar-refractivity contribution in [2.45, 2.75) is 18.9 Å². The number of H-pyrrole nitrogens is 1. The molecule has 3 aromatic rings. The molecule has 0 saturated carbocycles. The summed E-state index contributed by atoms with van der Waals surface area (Å²) >= 11 is 0. The first-order valence-corrected chi connectivity index (χ1v) is 8.47. The molecule has 0 radical (unpaired) electrons. The van der Waals surface area contributed by atoms with Crippen LogP contribution in [0.25, 0.3) is 0 Å². The number of nitrogens with one attached hydrogen (secondary N) is 1. The molecule has 0 aliphatic carbocycles. The van der Waals surface area contributed by atoms with Crippen LogP contribution in [0.5, 0.6) is 5.75 Å². The van der Waals surface area contributed by atoms with Crippen molar-refractivity contribution in [1.82, 2.24) is 24.8 Å². The summed E-state index contributed by atoms with van der Waals surface area (Å²) in [6, 6.07) is 7.21. The first-order chi connectivity index (χ1) is 12.8. The van der Waals surface area contributed by atoms with Crippen LogP contribution >= 0.6 is 0 Å². The molecule has 7 nitrogen and oxygen atoms in total. The van der Waals surface area contributed by atoms with Gasteiger partial charge in [-0.05, 0) is 23.8 Å². The molecule has 132 valence electrons. The molecule has 26 heavy (non-hydrogen) atoms. The van der Waals surface area contributed by atoms with Crippen LogP contribution in [0, 0.1) is 0 Å². The van der Waals surface area contributed by atoms with Gasteiger partial charge in [0.15, 0.2) is 0 Å². The summed E-state index contributed by atoms with van der Waals surface area (Å²) in [7, 11) is 1.58. The molecule has 1 aliphatic rings. The topological polar surface area (TPSA) is 84.0 Å². The number of carbonyl (C=O) groups excluding carboxylic acids is 1. The lowest BCUT2D eigenvalue weighted by atomic mass is 9.96. The molecule has 0 bridgehead atoms. The Labute approximate surface area is 151 Å². The van der Waals surface area contributed by atoms with Gasteiger partial charge in [-0.25, -0.2) is 4.98 Å². The highest BCUT2D eigenvalue weighted by Gasteiger charge is 2.34. The van der Waals surface area contributed by atoms with Gasteiger partial charge in [0.1, 0.15) is 11.8 Å². The number of imidazole rings is 1. The minimum atomic E-state index is -0.249. The van der Waals surface area contributed by atoms with Crippen molar-refractivity contribution in [2.24, 2.45) is 0 Å². The lowest BCUT2D eigenvalue weighted by molar-refractivity contribution is -0.132. The van der Waals surface area contributed by atoms with E-state index in [9.17, 15) is 4.79 Å². The van der Waals surface area contributed by atoms with Gasteiger partial charge in [0.05, 0.1) is 31.2 Å². The van der Waals surface area contributed by atoms with E-state index in [0.29, 0.717) is 18.0 Å². The standard InChI is InChI=1S/C19H19N5O2/c1-26-16-5-3-8-21-15(16)10-17(25)24-9-6-14-18(23-12-22-14)19(24)13-4-2-7-20-11-13/h2-5,7-8,11-12,19H,6,9-10H2,1H3,(H,22,23). The lowest BCUT2D eigenvalue weighted by Gasteiger charge is -2.35. The van der Waals surface area contributed by atoms with E-state index >= 15 is 0 Å². The molecule has 4 heterocycles. The Morgan fingerprint density at radius 1 is 1.31 bits per heavy atom. The maximum atomic E-state index is 13.1. The number of aromatic nitrogens is 4. The molecular formula is C19H19N5O2. The van der Waals surface area contributed by atoms with Crippen LogP contribution in [0.3, 0.4) is 0 Å². The van der Waals surface area contributed by atoms with Gasteiger partial charge in [0.2, 0.25) is 5.91 Å². The summed E-state index contributed by atoms with van der Waals surface area (Å²) in [6.45, 7) is 0.614. The number of methoxy groups -OCH3 is 1. The SMILES string of the molecule is COc1cccnc1CC(=O)N1CCc2[nH]cnc2C1c1cccnc1. The Morgan fingerprint density at radius 3 is 3.00 bits per heavy atom. The third-order valence-corrected chi connectivity index (χ3v) is 4.63. The third-order valence-electron chi connectivity index (χ3n) is 4.63. The van der Waals surface area contributed by atoms with Crippen molar-refractivity contribution < 1.29 is 9.53 Å². The number of aromatic amines is 1. The summed E-state index contributed by atoms with van der Waals surface area (Å²) in [4.78, 5) is 31.2. The number of hydrogen-bond acceptors (Lipinski definition) is 5. The Bertz CT molecular complexity index is 909. The second-order valence-electron chi connectivity index (χ2n) is 6.12. The Balaban J connectivity index is 1.67. The van der Waals surface area contributed by atoms with Crippen molar-refractivity contribution in [3.05, 3.63) is 71.8 Å². The van der Waals surface area contributed by atoms with E-state index in [1.165, 1.54) is 0 Å². The van der Waals surface area contributed by atoms with Gasteiger partial charge >= 0.3 is 0 Å². The molecule has 1 aliphatic heterocycles. The van der Waals surface area contributed by atoms with Crippen LogP contribution in [0.2, 0.25) is 0 Å². The normalized spacial score (nSPS) is 16.2. The van der Waals surface area contributed by atoms with E-state index in [4.69, 9.17) is 4.74 Å². The number of rotatable bonds is 4. The quantitative estimate of drug-likeness (QED) is 0.778.